The first-order valence-electron chi connectivity index (χ1n) is 6.10. The van der Waals surface area contributed by atoms with Gasteiger partial charge in [-0.1, -0.05) is 20.8 Å². The molecule has 0 aliphatic carbocycles. The van der Waals surface area contributed by atoms with Crippen LogP contribution >= 0.6 is 0 Å². The molecule has 4 nitrogen and oxygen atoms in total. The van der Waals surface area contributed by atoms with Crippen molar-refractivity contribution in [3.05, 3.63) is 24.3 Å². The molecule has 0 saturated carbocycles. The van der Waals surface area contributed by atoms with Crippen molar-refractivity contribution in [1.82, 2.24) is 19.9 Å². The van der Waals surface area contributed by atoms with E-state index in [1.54, 1.807) is 0 Å². The van der Waals surface area contributed by atoms with Gasteiger partial charge in [0.2, 0.25) is 0 Å². The fourth-order valence-electron chi connectivity index (χ4n) is 2.06. The van der Waals surface area contributed by atoms with E-state index in [-0.39, 0.29) is 5.41 Å². The smallest absolute Gasteiger partial charge is 0.143 e. The molecule has 0 unspecified atom stereocenters. The Labute approximate surface area is 101 Å². The Morgan fingerprint density at radius 3 is 2.71 bits per heavy atom. The van der Waals surface area contributed by atoms with Crippen molar-refractivity contribution < 1.29 is 0 Å². The molecule has 0 spiro atoms. The molecule has 90 valence electrons. The van der Waals surface area contributed by atoms with Gasteiger partial charge in [-0.05, 0) is 6.07 Å². The van der Waals surface area contributed by atoms with Crippen LogP contribution in [0.15, 0.2) is 18.5 Å². The third-order valence-corrected chi connectivity index (χ3v) is 3.28. The summed E-state index contributed by atoms with van der Waals surface area (Å²) in [7, 11) is 0. The van der Waals surface area contributed by atoms with Gasteiger partial charge < -0.3 is 9.88 Å². The number of aromatic nitrogens is 3. The van der Waals surface area contributed by atoms with Crippen LogP contribution in [0.25, 0.3) is 11.0 Å². The predicted molar refractivity (Wildman–Crippen MR) is 68.1 cm³/mol. The van der Waals surface area contributed by atoms with E-state index in [1.807, 2.05) is 6.20 Å². The van der Waals surface area contributed by atoms with Crippen molar-refractivity contribution in [3.8, 4) is 0 Å². The fourth-order valence-corrected chi connectivity index (χ4v) is 2.06. The molecule has 1 aliphatic heterocycles. The first-order valence-corrected chi connectivity index (χ1v) is 6.10. The Kier molecular flexibility index (Phi) is 2.23. The topological polar surface area (TPSA) is 42.7 Å². The van der Waals surface area contributed by atoms with Gasteiger partial charge in [-0.15, -0.1) is 0 Å². The summed E-state index contributed by atoms with van der Waals surface area (Å²) in [4.78, 5) is 9.19. The van der Waals surface area contributed by atoms with Gasteiger partial charge in [0.05, 0.1) is 6.04 Å². The summed E-state index contributed by atoms with van der Waals surface area (Å²) in [6.45, 7) is 8.52. The molecule has 0 atom stereocenters. The summed E-state index contributed by atoms with van der Waals surface area (Å²) >= 11 is 0. The minimum atomic E-state index is 0.00114. The second-order valence-corrected chi connectivity index (χ2v) is 5.76. The first kappa shape index (κ1) is 10.7. The Balaban J connectivity index is 2.12. The molecule has 0 radical (unpaired) electrons. The highest BCUT2D eigenvalue weighted by Crippen LogP contribution is 2.24. The fraction of sp³-hybridized carbons (Fsp3) is 0.538. The average Bonchev–Trinajstić information content (AvgIpc) is 2.57. The minimum absolute atomic E-state index is 0.00114. The summed E-state index contributed by atoms with van der Waals surface area (Å²) in [5.41, 5.74) is 1.07. The van der Waals surface area contributed by atoms with Crippen LogP contribution in [0.1, 0.15) is 32.6 Å². The van der Waals surface area contributed by atoms with Crippen molar-refractivity contribution in [2.24, 2.45) is 0 Å². The predicted octanol–water partition coefficient (Wildman–Crippen LogP) is 1.87. The van der Waals surface area contributed by atoms with Gasteiger partial charge >= 0.3 is 0 Å². The molecule has 17 heavy (non-hydrogen) atoms. The van der Waals surface area contributed by atoms with Crippen molar-refractivity contribution in [2.75, 3.05) is 13.1 Å². The molecule has 1 aliphatic rings. The van der Waals surface area contributed by atoms with E-state index in [9.17, 15) is 0 Å². The Bertz CT molecular complexity index is 546. The number of fused-ring (bicyclic) bond motifs is 1. The molecule has 0 aromatic carbocycles. The zero-order chi connectivity index (χ0) is 12.0. The van der Waals surface area contributed by atoms with Crippen LogP contribution in [0, 0.1) is 0 Å². The van der Waals surface area contributed by atoms with Gasteiger partial charge in [0.1, 0.15) is 11.5 Å². The Morgan fingerprint density at radius 1 is 1.35 bits per heavy atom. The quantitative estimate of drug-likeness (QED) is 0.813. The lowest BCUT2D eigenvalue weighted by atomic mass is 9.96. The van der Waals surface area contributed by atoms with Crippen LogP contribution < -0.4 is 5.32 Å². The highest BCUT2D eigenvalue weighted by molar-refractivity contribution is 5.75. The number of nitrogens with zero attached hydrogens (tertiary/aromatic N) is 3. The zero-order valence-electron chi connectivity index (χ0n) is 10.6. The van der Waals surface area contributed by atoms with Crippen LogP contribution in [0.4, 0.5) is 0 Å². The van der Waals surface area contributed by atoms with E-state index < -0.39 is 0 Å². The van der Waals surface area contributed by atoms with Crippen LogP contribution in [0.3, 0.4) is 0 Å². The monoisotopic (exact) mass is 230 g/mol. The van der Waals surface area contributed by atoms with Gasteiger partial charge in [-0.25, -0.2) is 9.97 Å². The van der Waals surface area contributed by atoms with Crippen LogP contribution in [0.2, 0.25) is 0 Å². The van der Waals surface area contributed by atoms with E-state index in [2.05, 4.69) is 47.9 Å². The third kappa shape index (κ3) is 1.72. The van der Waals surface area contributed by atoms with E-state index in [0.717, 1.165) is 29.9 Å². The molecule has 2 aromatic rings. The van der Waals surface area contributed by atoms with Gasteiger partial charge in [-0.3, -0.25) is 0 Å². The van der Waals surface area contributed by atoms with E-state index in [1.165, 1.54) is 0 Å². The Morgan fingerprint density at radius 2 is 2.12 bits per heavy atom. The molecule has 1 saturated heterocycles. The SMILES string of the molecule is CC(C)(C)c1ncc2ccn(C3CNC3)c2n1. The van der Waals surface area contributed by atoms with Crippen molar-refractivity contribution in [1.29, 1.82) is 0 Å². The number of hydrogen-bond donors (Lipinski definition) is 1. The van der Waals surface area contributed by atoms with E-state index >= 15 is 0 Å². The standard InChI is InChI=1S/C13H18N4/c1-13(2,3)12-15-6-9-4-5-17(11(9)16-12)10-7-14-8-10/h4-6,10,14H,7-8H2,1-3H3. The first-order chi connectivity index (χ1) is 8.05. The van der Waals surface area contributed by atoms with Crippen molar-refractivity contribution in [3.63, 3.8) is 0 Å². The average molecular weight is 230 g/mol. The van der Waals surface area contributed by atoms with Gasteiger partial charge in [0.15, 0.2) is 0 Å². The second kappa shape index (κ2) is 3.53. The summed E-state index contributed by atoms with van der Waals surface area (Å²) in [6.07, 6.45) is 4.06. The highest BCUT2D eigenvalue weighted by atomic mass is 15.2. The normalized spacial score (nSPS) is 17.4. The highest BCUT2D eigenvalue weighted by Gasteiger charge is 2.22. The molecular weight excluding hydrogens is 212 g/mol. The van der Waals surface area contributed by atoms with Crippen LogP contribution in [-0.2, 0) is 5.41 Å². The van der Waals surface area contributed by atoms with Gasteiger partial charge in [-0.2, -0.15) is 0 Å². The molecule has 1 fully saturated rings. The lowest BCUT2D eigenvalue weighted by molar-refractivity contribution is 0.350. The van der Waals surface area contributed by atoms with Crippen LogP contribution in [-0.4, -0.2) is 27.6 Å². The molecule has 0 bridgehead atoms. The maximum Gasteiger partial charge on any atom is 0.143 e. The summed E-state index contributed by atoms with van der Waals surface area (Å²) in [5.74, 6) is 0.914. The van der Waals surface area contributed by atoms with Crippen molar-refractivity contribution >= 4 is 11.0 Å². The summed E-state index contributed by atoms with van der Waals surface area (Å²) < 4.78 is 2.27. The molecule has 0 amide bonds. The summed E-state index contributed by atoms with van der Waals surface area (Å²) in [5, 5.41) is 4.42. The number of rotatable bonds is 1. The molecule has 1 N–H and O–H groups in total. The molecule has 2 aromatic heterocycles. The molecular formula is C13H18N4. The largest absolute Gasteiger partial charge is 0.327 e. The number of nitrogens with one attached hydrogen (secondary N) is 1. The zero-order valence-corrected chi connectivity index (χ0v) is 10.6. The third-order valence-electron chi connectivity index (χ3n) is 3.28. The maximum atomic E-state index is 4.73. The number of hydrogen-bond acceptors (Lipinski definition) is 3. The minimum Gasteiger partial charge on any atom is -0.327 e. The molecule has 3 rings (SSSR count). The lowest BCUT2D eigenvalue weighted by Gasteiger charge is -2.29. The maximum absolute atomic E-state index is 4.73. The molecule has 4 heteroatoms. The lowest BCUT2D eigenvalue weighted by Crippen LogP contribution is -2.43. The van der Waals surface area contributed by atoms with E-state index in [4.69, 9.17) is 4.98 Å². The van der Waals surface area contributed by atoms with E-state index in [0.29, 0.717) is 6.04 Å². The van der Waals surface area contributed by atoms with Gasteiger partial charge in [0, 0.05) is 36.3 Å². The van der Waals surface area contributed by atoms with Crippen LogP contribution in [0.5, 0.6) is 0 Å². The Hall–Kier alpha value is -1.42. The summed E-state index contributed by atoms with van der Waals surface area (Å²) in [6, 6.07) is 2.65. The second-order valence-electron chi connectivity index (χ2n) is 5.76. The molecule has 3 heterocycles. The van der Waals surface area contributed by atoms with Gasteiger partial charge in [0.25, 0.3) is 0 Å². The van der Waals surface area contributed by atoms with Crippen molar-refractivity contribution in [2.45, 2.75) is 32.2 Å².